The van der Waals surface area contributed by atoms with Gasteiger partial charge in [-0.15, -0.1) is 0 Å². The number of unbranched alkanes of at least 4 members (excludes halogenated alkanes) is 8. The molecule has 0 radical (unpaired) electrons. The largest absolute Gasteiger partial charge is 0.461 e. The maximum absolute atomic E-state index is 11.8. The van der Waals surface area contributed by atoms with E-state index in [2.05, 4.69) is 46.8 Å². The molecule has 26 heavy (non-hydrogen) atoms. The average Bonchev–Trinajstić information content (AvgIpc) is 2.64. The van der Waals surface area contributed by atoms with Crippen LogP contribution in [0, 0.1) is 5.92 Å². The summed E-state index contributed by atoms with van der Waals surface area (Å²) in [4.78, 5) is 11.8. The van der Waals surface area contributed by atoms with Crippen molar-refractivity contribution >= 4 is 5.97 Å². The molecule has 0 rings (SSSR count). The van der Waals surface area contributed by atoms with Gasteiger partial charge in [0.05, 0.1) is 0 Å². The molecule has 0 saturated carbocycles. The van der Waals surface area contributed by atoms with Gasteiger partial charge in [-0.3, -0.25) is 4.79 Å². The van der Waals surface area contributed by atoms with Gasteiger partial charge in [0.25, 0.3) is 0 Å². The van der Waals surface area contributed by atoms with Crippen LogP contribution in [0.3, 0.4) is 0 Å². The SMILES string of the molecule is CCCCCCCCCCCC(=O)OC/C=C(\C)[C@@H](C)C/C=C(/C)CC. The van der Waals surface area contributed by atoms with Gasteiger partial charge in [0.15, 0.2) is 0 Å². The molecule has 0 aliphatic rings. The molecule has 0 fully saturated rings. The minimum atomic E-state index is -0.0497. The van der Waals surface area contributed by atoms with Crippen molar-refractivity contribution in [1.29, 1.82) is 0 Å². The van der Waals surface area contributed by atoms with Gasteiger partial charge >= 0.3 is 5.97 Å². The van der Waals surface area contributed by atoms with Crippen molar-refractivity contribution in [2.75, 3.05) is 6.61 Å². The minimum absolute atomic E-state index is 0.0497. The van der Waals surface area contributed by atoms with E-state index in [1.165, 1.54) is 56.1 Å². The second-order valence-corrected chi connectivity index (χ2v) is 7.75. The summed E-state index contributed by atoms with van der Waals surface area (Å²) in [6, 6.07) is 0. The summed E-state index contributed by atoms with van der Waals surface area (Å²) < 4.78 is 5.35. The lowest BCUT2D eigenvalue weighted by Crippen LogP contribution is -2.05. The first-order valence-electron chi connectivity index (χ1n) is 11.0. The summed E-state index contributed by atoms with van der Waals surface area (Å²) in [5.41, 5.74) is 2.75. The lowest BCUT2D eigenvalue weighted by atomic mass is 9.97. The predicted molar refractivity (Wildman–Crippen MR) is 114 cm³/mol. The molecule has 1 atom stereocenters. The number of ether oxygens (including phenoxy) is 1. The molecule has 0 aliphatic heterocycles. The van der Waals surface area contributed by atoms with Crippen LogP contribution in [0.25, 0.3) is 0 Å². The van der Waals surface area contributed by atoms with Gasteiger partial charge in [0, 0.05) is 6.42 Å². The predicted octanol–water partition coefficient (Wildman–Crippen LogP) is 7.78. The van der Waals surface area contributed by atoms with Crippen LogP contribution >= 0.6 is 0 Å². The standard InChI is InChI=1S/C24H44O2/c1-6-8-9-10-11-12-13-14-15-16-24(25)26-20-19-23(5)22(4)18-17-21(3)7-2/h17,19,22H,6-16,18,20H2,1-5H3/b21-17-,23-19+/t22-/m0/s1. The van der Waals surface area contributed by atoms with Gasteiger partial charge in [-0.1, -0.05) is 89.4 Å². The van der Waals surface area contributed by atoms with Crippen molar-refractivity contribution in [1.82, 2.24) is 0 Å². The summed E-state index contributed by atoms with van der Waals surface area (Å²) in [6.07, 6.45) is 18.6. The average molecular weight is 365 g/mol. The van der Waals surface area contributed by atoms with Crippen LogP contribution in [0.5, 0.6) is 0 Å². The number of carbonyl (C=O) groups is 1. The van der Waals surface area contributed by atoms with Crippen LogP contribution in [0.1, 0.15) is 112 Å². The number of hydrogen-bond donors (Lipinski definition) is 0. The van der Waals surface area contributed by atoms with E-state index >= 15 is 0 Å². The smallest absolute Gasteiger partial charge is 0.306 e. The molecule has 0 aromatic carbocycles. The first kappa shape index (κ1) is 24.9. The number of carbonyl (C=O) groups excluding carboxylic acids is 1. The van der Waals surface area contributed by atoms with Crippen molar-refractivity contribution in [3.63, 3.8) is 0 Å². The first-order valence-corrected chi connectivity index (χ1v) is 11.0. The first-order chi connectivity index (χ1) is 12.5. The zero-order chi connectivity index (χ0) is 19.6. The summed E-state index contributed by atoms with van der Waals surface area (Å²) >= 11 is 0. The third-order valence-electron chi connectivity index (χ3n) is 5.29. The highest BCUT2D eigenvalue weighted by atomic mass is 16.5. The number of rotatable bonds is 16. The van der Waals surface area contributed by atoms with Gasteiger partial charge in [0.2, 0.25) is 0 Å². The molecule has 0 N–H and O–H groups in total. The Bertz CT molecular complexity index is 406. The summed E-state index contributed by atoms with van der Waals surface area (Å²) in [5.74, 6) is 0.457. The Kier molecular flexibility index (Phi) is 16.7. The third kappa shape index (κ3) is 15.2. The van der Waals surface area contributed by atoms with E-state index in [9.17, 15) is 4.79 Å². The molecule has 0 spiro atoms. The second-order valence-electron chi connectivity index (χ2n) is 7.75. The van der Waals surface area contributed by atoms with Gasteiger partial charge in [-0.2, -0.15) is 0 Å². The second kappa shape index (κ2) is 17.4. The summed E-state index contributed by atoms with van der Waals surface area (Å²) in [6.45, 7) is 11.4. The molecule has 0 aromatic heterocycles. The molecule has 0 saturated heterocycles. The quantitative estimate of drug-likeness (QED) is 0.159. The molecule has 2 heteroatoms. The highest BCUT2D eigenvalue weighted by molar-refractivity contribution is 5.69. The van der Waals surface area contributed by atoms with Crippen molar-refractivity contribution in [3.05, 3.63) is 23.3 Å². The zero-order valence-corrected chi connectivity index (χ0v) is 18.2. The van der Waals surface area contributed by atoms with Gasteiger partial charge in [-0.05, 0) is 45.1 Å². The van der Waals surface area contributed by atoms with Crippen LogP contribution in [0.15, 0.2) is 23.3 Å². The fourth-order valence-corrected chi connectivity index (χ4v) is 2.83. The van der Waals surface area contributed by atoms with Crippen molar-refractivity contribution < 1.29 is 9.53 Å². The topological polar surface area (TPSA) is 26.3 Å². The number of allylic oxidation sites excluding steroid dienone is 3. The zero-order valence-electron chi connectivity index (χ0n) is 18.2. The van der Waals surface area contributed by atoms with Crippen LogP contribution < -0.4 is 0 Å². The Balaban J connectivity index is 3.69. The molecule has 0 unspecified atom stereocenters. The summed E-state index contributed by atoms with van der Waals surface area (Å²) in [7, 11) is 0. The van der Waals surface area contributed by atoms with Crippen molar-refractivity contribution in [2.24, 2.45) is 5.92 Å². The van der Waals surface area contributed by atoms with Crippen LogP contribution in [0.2, 0.25) is 0 Å². The molecule has 0 amide bonds. The monoisotopic (exact) mass is 364 g/mol. The van der Waals surface area contributed by atoms with Crippen LogP contribution in [-0.4, -0.2) is 12.6 Å². The highest BCUT2D eigenvalue weighted by Gasteiger charge is 2.05. The Labute approximate surface area is 163 Å². The lowest BCUT2D eigenvalue weighted by molar-refractivity contribution is -0.142. The van der Waals surface area contributed by atoms with E-state index < -0.39 is 0 Å². The molecule has 0 bridgehead atoms. The van der Waals surface area contributed by atoms with Gasteiger partial charge in [-0.25, -0.2) is 0 Å². The Hall–Kier alpha value is -1.05. The molecule has 0 heterocycles. The minimum Gasteiger partial charge on any atom is -0.461 e. The highest BCUT2D eigenvalue weighted by Crippen LogP contribution is 2.16. The van der Waals surface area contributed by atoms with E-state index in [-0.39, 0.29) is 5.97 Å². The summed E-state index contributed by atoms with van der Waals surface area (Å²) in [5, 5.41) is 0. The molecular formula is C24H44O2. The maximum Gasteiger partial charge on any atom is 0.306 e. The van der Waals surface area contributed by atoms with E-state index in [0.29, 0.717) is 18.9 Å². The van der Waals surface area contributed by atoms with E-state index in [1.54, 1.807) is 0 Å². The van der Waals surface area contributed by atoms with E-state index in [0.717, 1.165) is 25.7 Å². The number of hydrogen-bond acceptors (Lipinski definition) is 2. The van der Waals surface area contributed by atoms with Crippen LogP contribution in [0.4, 0.5) is 0 Å². The van der Waals surface area contributed by atoms with Crippen LogP contribution in [-0.2, 0) is 9.53 Å². The fourth-order valence-electron chi connectivity index (χ4n) is 2.83. The van der Waals surface area contributed by atoms with E-state index in [1.807, 2.05) is 0 Å². The van der Waals surface area contributed by atoms with Gasteiger partial charge in [0.1, 0.15) is 6.61 Å². The number of esters is 1. The molecule has 152 valence electrons. The van der Waals surface area contributed by atoms with Gasteiger partial charge < -0.3 is 4.74 Å². The van der Waals surface area contributed by atoms with Crippen molar-refractivity contribution in [3.8, 4) is 0 Å². The Morgan fingerprint density at radius 3 is 2.04 bits per heavy atom. The molecule has 0 aromatic rings. The lowest BCUT2D eigenvalue weighted by Gasteiger charge is -2.11. The van der Waals surface area contributed by atoms with Crippen molar-refractivity contribution in [2.45, 2.75) is 112 Å². The fraction of sp³-hybridized carbons (Fsp3) is 0.792. The van der Waals surface area contributed by atoms with E-state index in [4.69, 9.17) is 4.74 Å². The maximum atomic E-state index is 11.8. The normalized spacial score (nSPS) is 13.7. The molecule has 2 nitrogen and oxygen atoms in total. The third-order valence-corrected chi connectivity index (χ3v) is 5.29. The Morgan fingerprint density at radius 1 is 0.885 bits per heavy atom. The molecular weight excluding hydrogens is 320 g/mol. The molecule has 0 aliphatic carbocycles. The Morgan fingerprint density at radius 2 is 1.46 bits per heavy atom.